The fourth-order valence-corrected chi connectivity index (χ4v) is 3.52. The molecule has 0 aromatic heterocycles. The first kappa shape index (κ1) is 12.9. The number of carbonyl (C=O) groups is 1. The highest BCUT2D eigenvalue weighted by Crippen LogP contribution is 2.31. The summed E-state index contributed by atoms with van der Waals surface area (Å²) in [5.41, 5.74) is 5.72. The number of nitrogens with zero attached hydrogens (tertiary/aromatic N) is 1. The van der Waals surface area contributed by atoms with E-state index in [4.69, 9.17) is 5.73 Å². The van der Waals surface area contributed by atoms with Crippen LogP contribution in [0.5, 0.6) is 0 Å². The Labute approximate surface area is 105 Å². The average molecular weight is 238 g/mol. The van der Waals surface area contributed by atoms with E-state index >= 15 is 0 Å². The Morgan fingerprint density at radius 3 is 2.82 bits per heavy atom. The van der Waals surface area contributed by atoms with Gasteiger partial charge in [-0.2, -0.15) is 0 Å². The molecule has 1 saturated carbocycles. The summed E-state index contributed by atoms with van der Waals surface area (Å²) in [5, 5.41) is 0. The summed E-state index contributed by atoms with van der Waals surface area (Å²) in [6.45, 7) is 3.88. The van der Waals surface area contributed by atoms with Gasteiger partial charge in [0.05, 0.1) is 0 Å². The zero-order chi connectivity index (χ0) is 12.3. The van der Waals surface area contributed by atoms with E-state index in [0.717, 1.165) is 31.7 Å². The maximum Gasteiger partial charge on any atom is 0.223 e. The summed E-state index contributed by atoms with van der Waals surface area (Å²) in [4.78, 5) is 14.3. The predicted octanol–water partition coefficient (Wildman–Crippen LogP) is 2.15. The van der Waals surface area contributed by atoms with Gasteiger partial charge in [-0.05, 0) is 37.5 Å². The number of likely N-dealkylation sites (tertiary alicyclic amines) is 1. The first-order valence-corrected chi connectivity index (χ1v) is 7.20. The highest BCUT2D eigenvalue weighted by molar-refractivity contribution is 5.77. The highest BCUT2D eigenvalue weighted by Gasteiger charge is 2.30. The van der Waals surface area contributed by atoms with Crippen LogP contribution in [0, 0.1) is 11.8 Å². The molecular formula is C14H26N2O. The van der Waals surface area contributed by atoms with E-state index in [0.29, 0.717) is 24.4 Å². The molecule has 17 heavy (non-hydrogen) atoms. The molecule has 0 radical (unpaired) electrons. The summed E-state index contributed by atoms with van der Waals surface area (Å²) >= 11 is 0. The second-order valence-electron chi connectivity index (χ2n) is 5.96. The molecule has 98 valence electrons. The summed E-state index contributed by atoms with van der Waals surface area (Å²) in [6.07, 6.45) is 8.14. The fourth-order valence-electron chi connectivity index (χ4n) is 3.52. The van der Waals surface area contributed by atoms with Crippen LogP contribution in [0.4, 0.5) is 0 Å². The minimum absolute atomic E-state index is 0.323. The standard InChI is InChI=1S/C14H26N2O/c1-11-4-2-5-12(8-11)9-14(17)16-7-3-6-13(16)10-15/h11-13H,2-10,15H2,1H3/t11-,12+,13-/m1/s1. The molecule has 1 saturated heterocycles. The van der Waals surface area contributed by atoms with Gasteiger partial charge < -0.3 is 10.6 Å². The van der Waals surface area contributed by atoms with Crippen molar-refractivity contribution >= 4 is 5.91 Å². The third-order valence-electron chi connectivity index (χ3n) is 4.48. The maximum absolute atomic E-state index is 12.3. The number of amides is 1. The summed E-state index contributed by atoms with van der Waals surface area (Å²) in [6, 6.07) is 0.323. The number of carbonyl (C=O) groups excluding carboxylic acids is 1. The molecule has 1 aliphatic carbocycles. The Morgan fingerprint density at radius 1 is 1.29 bits per heavy atom. The smallest absolute Gasteiger partial charge is 0.223 e. The van der Waals surface area contributed by atoms with E-state index in [1.807, 2.05) is 4.90 Å². The predicted molar refractivity (Wildman–Crippen MR) is 69.5 cm³/mol. The lowest BCUT2D eigenvalue weighted by molar-refractivity contribution is -0.133. The Morgan fingerprint density at radius 2 is 2.12 bits per heavy atom. The van der Waals surface area contributed by atoms with Crippen LogP contribution in [0.2, 0.25) is 0 Å². The second kappa shape index (κ2) is 5.85. The first-order valence-electron chi connectivity index (χ1n) is 7.20. The van der Waals surface area contributed by atoms with Crippen molar-refractivity contribution in [2.24, 2.45) is 17.6 Å². The fraction of sp³-hybridized carbons (Fsp3) is 0.929. The van der Waals surface area contributed by atoms with Gasteiger partial charge in [-0.3, -0.25) is 4.79 Å². The van der Waals surface area contributed by atoms with Gasteiger partial charge in [-0.15, -0.1) is 0 Å². The summed E-state index contributed by atoms with van der Waals surface area (Å²) < 4.78 is 0. The van der Waals surface area contributed by atoms with Crippen LogP contribution in [0.15, 0.2) is 0 Å². The van der Waals surface area contributed by atoms with E-state index in [1.54, 1.807) is 0 Å². The molecule has 3 atom stereocenters. The lowest BCUT2D eigenvalue weighted by Crippen LogP contribution is -2.40. The number of hydrogen-bond acceptors (Lipinski definition) is 2. The summed E-state index contributed by atoms with van der Waals surface area (Å²) in [5.74, 6) is 1.80. The van der Waals surface area contributed by atoms with Crippen LogP contribution in [0.25, 0.3) is 0 Å². The Kier molecular flexibility index (Phi) is 4.43. The van der Waals surface area contributed by atoms with Gasteiger partial charge in [-0.1, -0.05) is 19.8 Å². The van der Waals surface area contributed by atoms with Gasteiger partial charge in [-0.25, -0.2) is 0 Å². The maximum atomic E-state index is 12.3. The zero-order valence-corrected chi connectivity index (χ0v) is 11.0. The molecule has 3 heteroatoms. The van der Waals surface area contributed by atoms with E-state index in [-0.39, 0.29) is 0 Å². The van der Waals surface area contributed by atoms with E-state index in [1.165, 1.54) is 25.7 Å². The molecule has 0 bridgehead atoms. The molecule has 1 heterocycles. The number of nitrogens with two attached hydrogens (primary N) is 1. The summed E-state index contributed by atoms with van der Waals surface area (Å²) in [7, 11) is 0. The SMILES string of the molecule is C[C@@H]1CCC[C@H](CC(=O)N2CCC[C@@H]2CN)C1. The Balaban J connectivity index is 1.83. The lowest BCUT2D eigenvalue weighted by atomic mass is 9.80. The van der Waals surface area contributed by atoms with E-state index < -0.39 is 0 Å². The molecule has 2 fully saturated rings. The van der Waals surface area contributed by atoms with Gasteiger partial charge in [0.1, 0.15) is 0 Å². The van der Waals surface area contributed by atoms with Crippen molar-refractivity contribution in [3.8, 4) is 0 Å². The molecular weight excluding hydrogens is 212 g/mol. The van der Waals surface area contributed by atoms with Crippen LogP contribution < -0.4 is 5.73 Å². The normalized spacial score (nSPS) is 34.0. The van der Waals surface area contributed by atoms with Crippen molar-refractivity contribution in [2.75, 3.05) is 13.1 Å². The monoisotopic (exact) mass is 238 g/mol. The first-order chi connectivity index (χ1) is 8.20. The van der Waals surface area contributed by atoms with E-state index in [2.05, 4.69) is 6.92 Å². The molecule has 1 amide bonds. The second-order valence-corrected chi connectivity index (χ2v) is 5.96. The Bertz CT molecular complexity index is 267. The lowest BCUT2D eigenvalue weighted by Gasteiger charge is -2.29. The van der Waals surface area contributed by atoms with E-state index in [9.17, 15) is 4.79 Å². The van der Waals surface area contributed by atoms with Crippen LogP contribution in [0.1, 0.15) is 51.9 Å². The largest absolute Gasteiger partial charge is 0.338 e. The average Bonchev–Trinajstić information content (AvgIpc) is 2.77. The highest BCUT2D eigenvalue weighted by atomic mass is 16.2. The van der Waals surface area contributed by atoms with Crippen molar-refractivity contribution < 1.29 is 4.79 Å². The molecule has 2 N–H and O–H groups in total. The van der Waals surface area contributed by atoms with Gasteiger partial charge >= 0.3 is 0 Å². The van der Waals surface area contributed by atoms with Crippen LogP contribution in [-0.4, -0.2) is 29.9 Å². The third kappa shape index (κ3) is 3.21. The van der Waals surface area contributed by atoms with Gasteiger partial charge in [0, 0.05) is 25.6 Å². The molecule has 1 aliphatic heterocycles. The third-order valence-corrected chi connectivity index (χ3v) is 4.48. The van der Waals surface area contributed by atoms with Crippen molar-refractivity contribution in [1.29, 1.82) is 0 Å². The number of hydrogen-bond donors (Lipinski definition) is 1. The van der Waals surface area contributed by atoms with Crippen molar-refractivity contribution in [3.05, 3.63) is 0 Å². The molecule has 0 unspecified atom stereocenters. The molecule has 2 rings (SSSR count). The van der Waals surface area contributed by atoms with Crippen molar-refractivity contribution in [2.45, 2.75) is 57.9 Å². The topological polar surface area (TPSA) is 46.3 Å². The van der Waals surface area contributed by atoms with Crippen LogP contribution >= 0.6 is 0 Å². The molecule has 3 nitrogen and oxygen atoms in total. The van der Waals surface area contributed by atoms with Crippen LogP contribution in [0.3, 0.4) is 0 Å². The quantitative estimate of drug-likeness (QED) is 0.819. The molecule has 2 aliphatic rings. The Hall–Kier alpha value is -0.570. The van der Waals surface area contributed by atoms with Crippen LogP contribution in [-0.2, 0) is 4.79 Å². The molecule has 0 spiro atoms. The minimum Gasteiger partial charge on any atom is -0.338 e. The van der Waals surface area contributed by atoms with Crippen molar-refractivity contribution in [1.82, 2.24) is 4.90 Å². The van der Waals surface area contributed by atoms with Gasteiger partial charge in [0.15, 0.2) is 0 Å². The minimum atomic E-state index is 0.323. The molecule has 0 aromatic rings. The van der Waals surface area contributed by atoms with Crippen molar-refractivity contribution in [3.63, 3.8) is 0 Å². The van der Waals surface area contributed by atoms with Gasteiger partial charge in [0.2, 0.25) is 5.91 Å². The number of rotatable bonds is 3. The zero-order valence-electron chi connectivity index (χ0n) is 11.0. The van der Waals surface area contributed by atoms with Gasteiger partial charge in [0.25, 0.3) is 0 Å². The molecule has 0 aromatic carbocycles.